The lowest BCUT2D eigenvalue weighted by Gasteiger charge is -2.25. The minimum Gasteiger partial charge on any atom is -0.327 e. The van der Waals surface area contributed by atoms with E-state index in [4.69, 9.17) is 0 Å². The quantitative estimate of drug-likeness (QED) is 0.863. The summed E-state index contributed by atoms with van der Waals surface area (Å²) >= 11 is 0. The molecule has 0 bridgehead atoms. The molecule has 1 saturated heterocycles. The molecular weight excluding hydrogens is 380 g/mol. The second-order valence-electron chi connectivity index (χ2n) is 7.25. The fourth-order valence-electron chi connectivity index (χ4n) is 3.89. The van der Waals surface area contributed by atoms with Crippen molar-refractivity contribution in [2.75, 3.05) is 23.3 Å². The summed E-state index contributed by atoms with van der Waals surface area (Å²) in [5.41, 5.74) is 1.22. The van der Waals surface area contributed by atoms with Crippen LogP contribution < -0.4 is 10.2 Å². The zero-order valence-corrected chi connectivity index (χ0v) is 15.7. The first-order chi connectivity index (χ1) is 13.8. The van der Waals surface area contributed by atoms with Crippen LogP contribution in [0.3, 0.4) is 0 Å². The number of nitrogens with one attached hydrogen (secondary N) is 1. The molecule has 1 N–H and O–H groups in total. The lowest BCUT2D eigenvalue weighted by atomic mass is 10.1. The van der Waals surface area contributed by atoms with Crippen molar-refractivity contribution in [1.29, 1.82) is 0 Å². The lowest BCUT2D eigenvalue weighted by molar-refractivity contribution is -0.124. The number of nitrogens with zero attached hydrogens (tertiary/aromatic N) is 2. The van der Waals surface area contributed by atoms with E-state index in [0.29, 0.717) is 30.6 Å². The van der Waals surface area contributed by atoms with E-state index in [0.717, 1.165) is 12.1 Å². The highest BCUT2D eigenvalue weighted by Gasteiger charge is 2.42. The molecule has 2 aliphatic heterocycles. The molecule has 150 valence electrons. The Hall–Kier alpha value is -3.29. The van der Waals surface area contributed by atoms with Gasteiger partial charge in [0, 0.05) is 12.2 Å². The molecule has 4 rings (SSSR count). The van der Waals surface area contributed by atoms with Crippen LogP contribution in [0.15, 0.2) is 36.4 Å². The molecule has 0 spiro atoms. The minimum absolute atomic E-state index is 0.0837. The number of anilines is 2. The molecule has 1 atom stereocenters. The average molecular weight is 399 g/mol. The number of hydrogen-bond acceptors (Lipinski definition) is 3. The van der Waals surface area contributed by atoms with Crippen molar-refractivity contribution in [1.82, 2.24) is 4.90 Å². The number of benzene rings is 2. The van der Waals surface area contributed by atoms with Crippen LogP contribution in [0, 0.1) is 18.6 Å². The average Bonchev–Trinajstić information content (AvgIpc) is 3.14. The molecule has 0 aliphatic carbocycles. The first kappa shape index (κ1) is 19.0. The van der Waals surface area contributed by atoms with E-state index >= 15 is 0 Å². The molecule has 0 radical (unpaired) electrons. The van der Waals surface area contributed by atoms with Crippen molar-refractivity contribution in [3.63, 3.8) is 0 Å². The van der Waals surface area contributed by atoms with Gasteiger partial charge >= 0.3 is 0 Å². The van der Waals surface area contributed by atoms with Gasteiger partial charge < -0.3 is 15.1 Å². The zero-order chi connectivity index (χ0) is 20.7. The molecular formula is C21H19F2N3O3. The molecule has 2 aromatic carbocycles. The van der Waals surface area contributed by atoms with Crippen molar-refractivity contribution < 1.29 is 23.2 Å². The van der Waals surface area contributed by atoms with Crippen LogP contribution in [-0.2, 0) is 9.59 Å². The van der Waals surface area contributed by atoms with Gasteiger partial charge in [0.2, 0.25) is 11.8 Å². The summed E-state index contributed by atoms with van der Waals surface area (Å²) in [5.74, 6) is -2.31. The monoisotopic (exact) mass is 399 g/mol. The van der Waals surface area contributed by atoms with Crippen molar-refractivity contribution >= 4 is 29.1 Å². The Morgan fingerprint density at radius 2 is 1.86 bits per heavy atom. The van der Waals surface area contributed by atoms with Gasteiger partial charge in [-0.25, -0.2) is 8.78 Å². The second-order valence-corrected chi connectivity index (χ2v) is 7.25. The van der Waals surface area contributed by atoms with E-state index in [1.165, 1.54) is 34.1 Å². The summed E-state index contributed by atoms with van der Waals surface area (Å²) in [5, 5.41) is 2.65. The Morgan fingerprint density at radius 1 is 1.14 bits per heavy atom. The van der Waals surface area contributed by atoms with Crippen molar-refractivity contribution in [2.24, 2.45) is 0 Å². The van der Waals surface area contributed by atoms with Crippen LogP contribution >= 0.6 is 0 Å². The molecule has 8 heteroatoms. The highest BCUT2D eigenvalue weighted by Crippen LogP contribution is 2.33. The molecule has 0 saturated carbocycles. The summed E-state index contributed by atoms with van der Waals surface area (Å²) < 4.78 is 27.2. The number of aryl methyl sites for hydroxylation is 1. The Bertz CT molecular complexity index is 1020. The van der Waals surface area contributed by atoms with Gasteiger partial charge in [0.05, 0.1) is 11.3 Å². The van der Waals surface area contributed by atoms with Gasteiger partial charge in [-0.05, 0) is 61.7 Å². The predicted octanol–water partition coefficient (Wildman–Crippen LogP) is 2.86. The van der Waals surface area contributed by atoms with E-state index in [1.54, 1.807) is 6.92 Å². The number of fused-ring (bicyclic) bond motifs is 2. The Labute approximate surface area is 166 Å². The molecule has 2 heterocycles. The fraction of sp³-hybridized carbons (Fsp3) is 0.286. The second kappa shape index (κ2) is 7.27. The Balaban J connectivity index is 1.66. The van der Waals surface area contributed by atoms with Gasteiger partial charge in [-0.3, -0.25) is 14.4 Å². The number of amides is 3. The van der Waals surface area contributed by atoms with Crippen LogP contribution in [0.4, 0.5) is 20.2 Å². The highest BCUT2D eigenvalue weighted by molar-refractivity contribution is 6.13. The Morgan fingerprint density at radius 3 is 2.62 bits per heavy atom. The first-order valence-corrected chi connectivity index (χ1v) is 9.33. The van der Waals surface area contributed by atoms with E-state index in [2.05, 4.69) is 5.32 Å². The summed E-state index contributed by atoms with van der Waals surface area (Å²) in [7, 11) is 0. The standard InChI is InChI=1S/C21H19F2N3O3/c1-12-9-13(22)5-7-16(12)24-19(27)11-26-18-10-14(23)4-6-15(18)20(28)25-8-2-3-17(25)21(26)29/h4-7,9-10,17H,2-3,8,11H2,1H3,(H,24,27)/t17-/m1/s1. The van der Waals surface area contributed by atoms with Crippen LogP contribution in [0.1, 0.15) is 28.8 Å². The molecule has 29 heavy (non-hydrogen) atoms. The SMILES string of the molecule is Cc1cc(F)ccc1NC(=O)CN1C(=O)[C@H]2CCCN2C(=O)c2ccc(F)cc21. The van der Waals surface area contributed by atoms with Crippen molar-refractivity contribution in [3.8, 4) is 0 Å². The van der Waals surface area contributed by atoms with Crippen LogP contribution in [0.25, 0.3) is 0 Å². The number of hydrogen-bond donors (Lipinski definition) is 1. The van der Waals surface area contributed by atoms with Crippen LogP contribution in [0.2, 0.25) is 0 Å². The zero-order valence-electron chi connectivity index (χ0n) is 15.7. The van der Waals surface area contributed by atoms with E-state index < -0.39 is 29.5 Å². The molecule has 2 aliphatic rings. The molecule has 6 nitrogen and oxygen atoms in total. The maximum atomic E-state index is 13.9. The molecule has 0 unspecified atom stereocenters. The maximum absolute atomic E-state index is 13.9. The summed E-state index contributed by atoms with van der Waals surface area (Å²) in [6.45, 7) is 1.71. The summed E-state index contributed by atoms with van der Waals surface area (Å²) in [4.78, 5) is 41.3. The first-order valence-electron chi connectivity index (χ1n) is 9.33. The van der Waals surface area contributed by atoms with Gasteiger partial charge in [0.25, 0.3) is 5.91 Å². The van der Waals surface area contributed by atoms with Gasteiger partial charge in [0.1, 0.15) is 24.2 Å². The smallest absolute Gasteiger partial charge is 0.256 e. The van der Waals surface area contributed by atoms with Gasteiger partial charge in [-0.15, -0.1) is 0 Å². The minimum atomic E-state index is -0.668. The van der Waals surface area contributed by atoms with Crippen LogP contribution in [0.5, 0.6) is 0 Å². The van der Waals surface area contributed by atoms with Gasteiger partial charge in [-0.1, -0.05) is 0 Å². The number of halogens is 2. The third-order valence-corrected chi connectivity index (χ3v) is 5.31. The molecule has 1 fully saturated rings. The van der Waals surface area contributed by atoms with Crippen molar-refractivity contribution in [2.45, 2.75) is 25.8 Å². The largest absolute Gasteiger partial charge is 0.327 e. The van der Waals surface area contributed by atoms with Gasteiger partial charge in [-0.2, -0.15) is 0 Å². The molecule has 0 aromatic heterocycles. The number of rotatable bonds is 3. The topological polar surface area (TPSA) is 69.7 Å². The lowest BCUT2D eigenvalue weighted by Crippen LogP contribution is -2.47. The third kappa shape index (κ3) is 3.46. The Kier molecular flexibility index (Phi) is 4.77. The number of carbonyl (C=O) groups excluding carboxylic acids is 3. The highest BCUT2D eigenvalue weighted by atomic mass is 19.1. The normalized spacial score (nSPS) is 18.4. The molecule has 2 aromatic rings. The van der Waals surface area contributed by atoms with Crippen molar-refractivity contribution in [3.05, 3.63) is 59.2 Å². The number of carbonyl (C=O) groups is 3. The predicted molar refractivity (Wildman–Crippen MR) is 103 cm³/mol. The van der Waals surface area contributed by atoms with E-state index in [1.807, 2.05) is 0 Å². The third-order valence-electron chi connectivity index (χ3n) is 5.31. The maximum Gasteiger partial charge on any atom is 0.256 e. The van der Waals surface area contributed by atoms with Gasteiger partial charge in [0.15, 0.2) is 0 Å². The summed E-state index contributed by atoms with van der Waals surface area (Å²) in [6.07, 6.45) is 1.18. The fourth-order valence-corrected chi connectivity index (χ4v) is 3.89. The van der Waals surface area contributed by atoms with E-state index in [-0.39, 0.29) is 23.7 Å². The molecule has 3 amide bonds. The van der Waals surface area contributed by atoms with Crippen LogP contribution in [-0.4, -0.2) is 41.8 Å². The summed E-state index contributed by atoms with van der Waals surface area (Å²) in [6, 6.07) is 6.88. The van der Waals surface area contributed by atoms with E-state index in [9.17, 15) is 23.2 Å².